The van der Waals surface area contributed by atoms with Gasteiger partial charge in [0.05, 0.1) is 35.5 Å². The van der Waals surface area contributed by atoms with Crippen LogP contribution in [0.4, 0.5) is 0 Å². The van der Waals surface area contributed by atoms with Crippen LogP contribution in [0.5, 0.6) is 0 Å². The number of aliphatic hydroxyl groups is 1. The summed E-state index contributed by atoms with van der Waals surface area (Å²) in [6.07, 6.45) is -5.47. The van der Waals surface area contributed by atoms with Crippen LogP contribution >= 0.6 is 0 Å². The highest BCUT2D eigenvalue weighted by Crippen LogP contribution is 2.39. The molecule has 0 aromatic rings. The minimum Gasteiger partial charge on any atom is -0.387 e. The minimum absolute atomic E-state index is 0.997. The van der Waals surface area contributed by atoms with Gasteiger partial charge in [0.1, 0.15) is 6.10 Å². The first-order valence-corrected chi connectivity index (χ1v) is 6.69. The first kappa shape index (κ1) is 20.6. The van der Waals surface area contributed by atoms with E-state index in [0.717, 1.165) is 0 Å². The Hall–Kier alpha value is -0.440. The number of aliphatic hydroxyl groups excluding tert-OH is 1. The zero-order valence-corrected chi connectivity index (χ0v) is 13.9. The van der Waals surface area contributed by atoms with Crippen molar-refractivity contribution in [2.45, 2.75) is 43.0 Å². The molecule has 6 unspecified atom stereocenters. The van der Waals surface area contributed by atoms with Crippen molar-refractivity contribution in [3.63, 3.8) is 0 Å². The van der Waals surface area contributed by atoms with E-state index in [0.29, 0.717) is 0 Å². The quantitative estimate of drug-likeness (QED) is 0.408. The summed E-state index contributed by atoms with van der Waals surface area (Å²) < 4.78 is 0. The maximum absolute atomic E-state index is 10.7. The third-order valence-corrected chi connectivity index (χ3v) is 3.49. The Kier molecular flexibility index (Phi) is 8.74. The van der Waals surface area contributed by atoms with Gasteiger partial charge >= 0.3 is 0 Å². The Bertz CT molecular complexity index is 330. The molecule has 0 aliphatic heterocycles. The standard InChI is InChI=1S/C12H24O11/c1-12(23-18-6)10(13)8(20-15-3)7(19-14-2)9(21-16-4)11(12)22-17-5/h7-11,13H,1-6H3. The lowest BCUT2D eigenvalue weighted by Crippen LogP contribution is -2.72. The molecule has 1 saturated carbocycles. The summed E-state index contributed by atoms with van der Waals surface area (Å²) in [7, 11) is 6.41. The third-order valence-electron chi connectivity index (χ3n) is 3.49. The summed E-state index contributed by atoms with van der Waals surface area (Å²) in [5.41, 5.74) is -1.48. The largest absolute Gasteiger partial charge is 0.387 e. The van der Waals surface area contributed by atoms with Gasteiger partial charge in [0.15, 0.2) is 30.0 Å². The van der Waals surface area contributed by atoms with Gasteiger partial charge in [0.25, 0.3) is 0 Å². The lowest BCUT2D eigenvalue weighted by molar-refractivity contribution is -0.502. The van der Waals surface area contributed by atoms with Crippen molar-refractivity contribution in [3.05, 3.63) is 0 Å². The van der Waals surface area contributed by atoms with Gasteiger partial charge in [-0.1, -0.05) is 0 Å². The SMILES string of the molecule is COOC1C(OOC)C(O)C(C)(OOC)C(OOC)C1OOC. The maximum atomic E-state index is 10.7. The van der Waals surface area contributed by atoms with Crippen LogP contribution in [-0.4, -0.2) is 76.8 Å². The van der Waals surface area contributed by atoms with E-state index < -0.39 is 36.1 Å². The summed E-state index contributed by atoms with van der Waals surface area (Å²) in [6, 6.07) is 0. The molecule has 0 heterocycles. The molecule has 0 aromatic heterocycles. The molecule has 0 radical (unpaired) electrons. The Morgan fingerprint density at radius 1 is 0.652 bits per heavy atom. The Labute approximate surface area is 133 Å². The van der Waals surface area contributed by atoms with E-state index in [9.17, 15) is 5.11 Å². The van der Waals surface area contributed by atoms with E-state index in [1.807, 2.05) is 0 Å². The van der Waals surface area contributed by atoms with Crippen molar-refractivity contribution in [1.82, 2.24) is 0 Å². The molecule has 1 aliphatic carbocycles. The molecule has 11 heteroatoms. The molecule has 23 heavy (non-hydrogen) atoms. The summed E-state index contributed by atoms with van der Waals surface area (Å²) >= 11 is 0. The van der Waals surface area contributed by atoms with Gasteiger partial charge in [-0.2, -0.15) is 0 Å². The van der Waals surface area contributed by atoms with Crippen LogP contribution in [0.25, 0.3) is 0 Å². The fourth-order valence-electron chi connectivity index (χ4n) is 2.55. The van der Waals surface area contributed by atoms with Gasteiger partial charge in [0, 0.05) is 0 Å². The molecule has 138 valence electrons. The van der Waals surface area contributed by atoms with Gasteiger partial charge in [-0.05, 0) is 6.92 Å². The van der Waals surface area contributed by atoms with Crippen molar-refractivity contribution in [1.29, 1.82) is 0 Å². The van der Waals surface area contributed by atoms with Crippen LogP contribution in [0, 0.1) is 0 Å². The van der Waals surface area contributed by atoms with E-state index in [2.05, 4.69) is 9.78 Å². The smallest absolute Gasteiger partial charge is 0.161 e. The predicted octanol–water partition coefficient (Wildman–Crippen LogP) is -0.516. The molecule has 0 spiro atoms. The zero-order chi connectivity index (χ0) is 17.5. The molecular formula is C12H24O11. The van der Waals surface area contributed by atoms with Crippen molar-refractivity contribution in [2.24, 2.45) is 0 Å². The fourth-order valence-corrected chi connectivity index (χ4v) is 2.55. The minimum atomic E-state index is -1.48. The Morgan fingerprint density at radius 2 is 1.13 bits per heavy atom. The van der Waals surface area contributed by atoms with E-state index in [-0.39, 0.29) is 0 Å². The second-order valence-electron chi connectivity index (χ2n) is 4.74. The van der Waals surface area contributed by atoms with Crippen molar-refractivity contribution >= 4 is 0 Å². The van der Waals surface area contributed by atoms with E-state index in [1.54, 1.807) is 0 Å². The lowest BCUT2D eigenvalue weighted by Gasteiger charge is -2.49. The molecule has 6 atom stereocenters. The molecule has 11 nitrogen and oxygen atoms in total. The van der Waals surface area contributed by atoms with E-state index in [4.69, 9.17) is 39.1 Å². The van der Waals surface area contributed by atoms with E-state index in [1.165, 1.54) is 42.5 Å². The highest BCUT2D eigenvalue weighted by molar-refractivity contribution is 5.08. The molecule has 1 N–H and O–H groups in total. The molecule has 1 rings (SSSR count). The highest BCUT2D eigenvalue weighted by atomic mass is 17.3. The number of hydrogen-bond donors (Lipinski definition) is 1. The van der Waals surface area contributed by atoms with Crippen LogP contribution < -0.4 is 0 Å². The summed E-state index contributed by atoms with van der Waals surface area (Å²) in [6.45, 7) is 1.51. The summed E-state index contributed by atoms with van der Waals surface area (Å²) in [4.78, 5) is 49.3. The maximum Gasteiger partial charge on any atom is 0.161 e. The van der Waals surface area contributed by atoms with Crippen molar-refractivity contribution in [3.8, 4) is 0 Å². The molecular weight excluding hydrogens is 320 g/mol. The lowest BCUT2D eigenvalue weighted by atomic mass is 9.76. The molecule has 0 aromatic carbocycles. The molecule has 0 saturated heterocycles. The van der Waals surface area contributed by atoms with Crippen LogP contribution in [0.1, 0.15) is 6.92 Å². The second kappa shape index (κ2) is 9.76. The van der Waals surface area contributed by atoms with Gasteiger partial charge in [-0.15, -0.1) is 0 Å². The fraction of sp³-hybridized carbons (Fsp3) is 1.00. The molecule has 0 amide bonds. The summed E-state index contributed by atoms with van der Waals surface area (Å²) in [5, 5.41) is 10.7. The summed E-state index contributed by atoms with van der Waals surface area (Å²) in [5.74, 6) is 0. The van der Waals surface area contributed by atoms with Gasteiger partial charge < -0.3 is 5.11 Å². The van der Waals surface area contributed by atoms with Crippen LogP contribution in [-0.2, 0) is 48.9 Å². The Balaban J connectivity index is 3.25. The van der Waals surface area contributed by atoms with Gasteiger partial charge in [-0.25, -0.2) is 48.9 Å². The number of hydrogen-bond acceptors (Lipinski definition) is 11. The van der Waals surface area contributed by atoms with Crippen molar-refractivity contribution < 1.29 is 54.0 Å². The van der Waals surface area contributed by atoms with Gasteiger partial charge in [0.2, 0.25) is 0 Å². The normalized spacial score (nSPS) is 38.0. The topological polar surface area (TPSA) is 113 Å². The van der Waals surface area contributed by atoms with Crippen LogP contribution in [0.3, 0.4) is 0 Å². The third kappa shape index (κ3) is 4.35. The van der Waals surface area contributed by atoms with Crippen LogP contribution in [0.15, 0.2) is 0 Å². The van der Waals surface area contributed by atoms with Crippen molar-refractivity contribution in [2.75, 3.05) is 35.5 Å². The average molecular weight is 344 g/mol. The predicted molar refractivity (Wildman–Crippen MR) is 70.0 cm³/mol. The van der Waals surface area contributed by atoms with E-state index >= 15 is 0 Å². The average Bonchev–Trinajstić information content (AvgIpc) is 2.52. The highest BCUT2D eigenvalue weighted by Gasteiger charge is 2.63. The first-order chi connectivity index (χ1) is 11.0. The second-order valence-corrected chi connectivity index (χ2v) is 4.74. The molecule has 0 bridgehead atoms. The van der Waals surface area contributed by atoms with Gasteiger partial charge in [-0.3, -0.25) is 0 Å². The first-order valence-electron chi connectivity index (χ1n) is 6.69. The molecule has 1 aliphatic rings. The number of rotatable bonds is 10. The van der Waals surface area contributed by atoms with Crippen LogP contribution in [0.2, 0.25) is 0 Å². The Morgan fingerprint density at radius 3 is 1.61 bits per heavy atom. The monoisotopic (exact) mass is 344 g/mol. The zero-order valence-electron chi connectivity index (χ0n) is 13.9. The molecule has 1 fully saturated rings.